The molecule has 16 heavy (non-hydrogen) atoms. The lowest BCUT2D eigenvalue weighted by Gasteiger charge is -2.20. The molecule has 1 fully saturated rings. The second-order valence-corrected chi connectivity index (χ2v) is 4.61. The number of rotatable bonds is 3. The Bertz CT molecular complexity index is 347. The lowest BCUT2D eigenvalue weighted by molar-refractivity contribution is 0.148. The molecule has 1 aliphatic rings. The first-order chi connectivity index (χ1) is 7.27. The van der Waals surface area contributed by atoms with E-state index in [0.717, 1.165) is 17.9 Å². The van der Waals surface area contributed by atoms with Gasteiger partial charge in [-0.1, -0.05) is 42.1 Å². The first-order valence-corrected chi connectivity index (χ1v) is 5.95. The van der Waals surface area contributed by atoms with Gasteiger partial charge in [0, 0.05) is 18.8 Å². The van der Waals surface area contributed by atoms with E-state index < -0.39 is 6.10 Å². The molecular weight excluding hydrogens is 288 g/mol. The number of hydrogen-bond donors (Lipinski definition) is 2. The average Bonchev–Trinajstić information content (AvgIpc) is 2.66. The van der Waals surface area contributed by atoms with Gasteiger partial charge in [-0.05, 0) is 5.56 Å². The first-order valence-electron chi connectivity index (χ1n) is 4.96. The van der Waals surface area contributed by atoms with Gasteiger partial charge in [0.25, 0.3) is 0 Å². The molecule has 0 amide bonds. The Kier molecular flexibility index (Phi) is 5.31. The second-order valence-electron chi connectivity index (χ2n) is 3.53. The van der Waals surface area contributed by atoms with Crippen LogP contribution < -0.4 is 0 Å². The van der Waals surface area contributed by atoms with E-state index in [1.807, 2.05) is 35.2 Å². The average molecular weight is 303 g/mol. The molecule has 0 spiro atoms. The minimum Gasteiger partial charge on any atom is -0.387 e. The predicted molar refractivity (Wildman–Crippen MR) is 73.5 cm³/mol. The number of amidine groups is 1. The van der Waals surface area contributed by atoms with Gasteiger partial charge in [0.15, 0.2) is 5.17 Å². The lowest BCUT2D eigenvalue weighted by Crippen LogP contribution is -2.28. The third kappa shape index (κ3) is 3.23. The number of halogens is 1. The molecule has 1 aromatic carbocycles. The summed E-state index contributed by atoms with van der Waals surface area (Å²) in [5, 5.41) is 18.2. The van der Waals surface area contributed by atoms with Crippen molar-refractivity contribution in [3.8, 4) is 0 Å². The van der Waals surface area contributed by atoms with Crippen LogP contribution in [0.3, 0.4) is 0 Å². The van der Waals surface area contributed by atoms with Crippen LogP contribution in [0, 0.1) is 5.41 Å². The van der Waals surface area contributed by atoms with Crippen molar-refractivity contribution in [3.63, 3.8) is 0 Å². The molecule has 3 nitrogen and oxygen atoms in total. The normalized spacial score (nSPS) is 17.1. The van der Waals surface area contributed by atoms with E-state index in [1.54, 1.807) is 11.8 Å². The number of β-amino-alcohol motifs (C(OH)–C–C–N with tert-alkyl or cyclic N) is 1. The summed E-state index contributed by atoms with van der Waals surface area (Å²) in [6.45, 7) is 1.39. The third-order valence-electron chi connectivity index (χ3n) is 2.46. The van der Waals surface area contributed by atoms with E-state index >= 15 is 0 Å². The lowest BCUT2D eigenvalue weighted by atomic mass is 10.1. The number of thioether (sulfide) groups is 1. The van der Waals surface area contributed by atoms with Crippen LogP contribution >= 0.6 is 28.7 Å². The zero-order valence-electron chi connectivity index (χ0n) is 8.80. The standard InChI is InChI=1S/C11H14N2OS.BrH/c12-11-13(6-7-15-11)8-10(14)9-4-2-1-3-5-9;/h1-5,10,12,14H,6-8H2;1H. The van der Waals surface area contributed by atoms with Crippen molar-refractivity contribution in [2.75, 3.05) is 18.8 Å². The van der Waals surface area contributed by atoms with Crippen molar-refractivity contribution in [1.29, 1.82) is 5.41 Å². The summed E-state index contributed by atoms with van der Waals surface area (Å²) in [5.41, 5.74) is 0.919. The molecule has 0 aliphatic carbocycles. The molecule has 1 aromatic rings. The fraction of sp³-hybridized carbons (Fsp3) is 0.364. The Morgan fingerprint density at radius 3 is 2.62 bits per heavy atom. The quantitative estimate of drug-likeness (QED) is 0.900. The fourth-order valence-electron chi connectivity index (χ4n) is 1.61. The minimum absolute atomic E-state index is 0. The van der Waals surface area contributed by atoms with Gasteiger partial charge in [-0.25, -0.2) is 0 Å². The summed E-state index contributed by atoms with van der Waals surface area (Å²) in [4.78, 5) is 1.92. The van der Waals surface area contributed by atoms with Crippen LogP contribution in [0.5, 0.6) is 0 Å². The molecule has 2 rings (SSSR count). The van der Waals surface area contributed by atoms with Crippen molar-refractivity contribution in [1.82, 2.24) is 4.90 Å². The molecule has 1 unspecified atom stereocenters. The number of benzene rings is 1. The Morgan fingerprint density at radius 1 is 1.38 bits per heavy atom. The molecule has 2 N–H and O–H groups in total. The Labute approximate surface area is 110 Å². The largest absolute Gasteiger partial charge is 0.387 e. The van der Waals surface area contributed by atoms with Gasteiger partial charge in [0.05, 0.1) is 6.10 Å². The maximum atomic E-state index is 9.95. The number of nitrogens with one attached hydrogen (secondary N) is 1. The first kappa shape index (κ1) is 13.5. The van der Waals surface area contributed by atoms with Crippen LogP contribution in [0.4, 0.5) is 0 Å². The molecule has 1 aliphatic heterocycles. The molecule has 0 bridgehead atoms. The number of hydrogen-bond acceptors (Lipinski definition) is 3. The van der Waals surface area contributed by atoms with Crippen molar-refractivity contribution >= 4 is 33.9 Å². The highest BCUT2D eigenvalue weighted by molar-refractivity contribution is 8.93. The summed E-state index contributed by atoms with van der Waals surface area (Å²) >= 11 is 1.54. The predicted octanol–water partition coefficient (Wildman–Crippen LogP) is 2.28. The van der Waals surface area contributed by atoms with Gasteiger partial charge >= 0.3 is 0 Å². The van der Waals surface area contributed by atoms with Crippen LogP contribution in [0.15, 0.2) is 30.3 Å². The molecule has 0 saturated carbocycles. The zero-order valence-corrected chi connectivity index (χ0v) is 11.3. The number of aliphatic hydroxyl groups is 1. The molecule has 0 aromatic heterocycles. The van der Waals surface area contributed by atoms with Gasteiger partial charge in [0.2, 0.25) is 0 Å². The van der Waals surface area contributed by atoms with Gasteiger partial charge < -0.3 is 10.0 Å². The molecule has 88 valence electrons. The van der Waals surface area contributed by atoms with E-state index in [2.05, 4.69) is 0 Å². The van der Waals surface area contributed by atoms with Crippen LogP contribution in [-0.2, 0) is 0 Å². The van der Waals surface area contributed by atoms with E-state index in [0.29, 0.717) is 11.7 Å². The third-order valence-corrected chi connectivity index (χ3v) is 3.38. The second kappa shape index (κ2) is 6.27. The van der Waals surface area contributed by atoms with Gasteiger partial charge in [0.1, 0.15) is 0 Å². The van der Waals surface area contributed by atoms with Crippen molar-refractivity contribution < 1.29 is 5.11 Å². The Balaban J connectivity index is 0.00000128. The van der Waals surface area contributed by atoms with Crippen LogP contribution in [0.2, 0.25) is 0 Å². The molecule has 1 heterocycles. The van der Waals surface area contributed by atoms with Crippen LogP contribution in [0.25, 0.3) is 0 Å². The Morgan fingerprint density at radius 2 is 2.06 bits per heavy atom. The molecule has 1 saturated heterocycles. The summed E-state index contributed by atoms with van der Waals surface area (Å²) in [7, 11) is 0. The maximum Gasteiger partial charge on any atom is 0.156 e. The van der Waals surface area contributed by atoms with E-state index in [1.165, 1.54) is 0 Å². The van der Waals surface area contributed by atoms with E-state index in [4.69, 9.17) is 5.41 Å². The smallest absolute Gasteiger partial charge is 0.156 e. The monoisotopic (exact) mass is 302 g/mol. The van der Waals surface area contributed by atoms with E-state index in [9.17, 15) is 5.11 Å². The summed E-state index contributed by atoms with van der Waals surface area (Å²) in [6.07, 6.45) is -0.495. The van der Waals surface area contributed by atoms with Crippen molar-refractivity contribution in [2.45, 2.75) is 6.10 Å². The minimum atomic E-state index is -0.495. The molecule has 1 atom stereocenters. The van der Waals surface area contributed by atoms with Crippen molar-refractivity contribution in [3.05, 3.63) is 35.9 Å². The topological polar surface area (TPSA) is 47.3 Å². The summed E-state index contributed by atoms with van der Waals surface area (Å²) in [6, 6.07) is 9.60. The Hall–Kier alpha value is -0.520. The molecule has 5 heteroatoms. The zero-order chi connectivity index (χ0) is 10.7. The van der Waals surface area contributed by atoms with Crippen LogP contribution in [-0.4, -0.2) is 34.0 Å². The highest BCUT2D eigenvalue weighted by Gasteiger charge is 2.20. The van der Waals surface area contributed by atoms with Crippen molar-refractivity contribution in [2.24, 2.45) is 0 Å². The highest BCUT2D eigenvalue weighted by atomic mass is 79.9. The molecule has 0 radical (unpaired) electrons. The number of nitrogens with zero attached hydrogens (tertiary/aromatic N) is 1. The maximum absolute atomic E-state index is 9.95. The summed E-state index contributed by atoms with van der Waals surface area (Å²) in [5.74, 6) is 0.959. The van der Waals surface area contributed by atoms with Gasteiger partial charge in [-0.2, -0.15) is 0 Å². The summed E-state index contributed by atoms with van der Waals surface area (Å²) < 4.78 is 0. The SMILES string of the molecule is Br.N=C1SCCN1CC(O)c1ccccc1. The van der Waals surface area contributed by atoms with Crippen LogP contribution in [0.1, 0.15) is 11.7 Å². The van der Waals surface area contributed by atoms with Gasteiger partial charge in [-0.15, -0.1) is 17.0 Å². The highest BCUT2D eigenvalue weighted by Crippen LogP contribution is 2.20. The van der Waals surface area contributed by atoms with Gasteiger partial charge in [-0.3, -0.25) is 5.41 Å². The number of aliphatic hydroxyl groups excluding tert-OH is 1. The molecular formula is C11H15BrN2OS. The fourth-order valence-corrected chi connectivity index (χ4v) is 2.46. The van der Waals surface area contributed by atoms with E-state index in [-0.39, 0.29) is 17.0 Å².